The molecular weight excluding hydrogens is 274 g/mol. The zero-order valence-electron chi connectivity index (χ0n) is 16.4. The van der Waals surface area contributed by atoms with Crippen molar-refractivity contribution in [1.82, 2.24) is 4.90 Å². The Hall–Kier alpha value is 0.137. The monoisotopic (exact) mass is 315 g/mol. The topological polar surface area (TPSA) is 12.5 Å². The van der Waals surface area contributed by atoms with Crippen LogP contribution >= 0.6 is 0 Å². The number of nitrogens with zero attached hydrogens (tertiary/aromatic N) is 1. The highest BCUT2D eigenvalue weighted by molar-refractivity contribution is 6.77. The summed E-state index contributed by atoms with van der Waals surface area (Å²) in [6.45, 7) is 25.4. The van der Waals surface area contributed by atoms with E-state index in [1.165, 1.54) is 0 Å². The van der Waals surface area contributed by atoms with Gasteiger partial charge in [0.1, 0.15) is 0 Å². The molecule has 2 nitrogen and oxygen atoms in total. The summed E-state index contributed by atoms with van der Waals surface area (Å²) in [5.74, 6) is 0. The second kappa shape index (κ2) is 9.31. The predicted octanol–water partition coefficient (Wildman–Crippen LogP) is 5.69. The van der Waals surface area contributed by atoms with Gasteiger partial charge in [-0.25, -0.2) is 0 Å². The van der Waals surface area contributed by atoms with E-state index in [0.717, 1.165) is 19.6 Å². The molecule has 21 heavy (non-hydrogen) atoms. The minimum absolute atomic E-state index is 0.618. The number of hydrogen-bond acceptors (Lipinski definition) is 2. The Bertz CT molecular complexity index is 245. The second-order valence-electron chi connectivity index (χ2n) is 7.94. The van der Waals surface area contributed by atoms with Crippen molar-refractivity contribution in [3.05, 3.63) is 0 Å². The molecule has 0 aliphatic rings. The first-order valence-corrected chi connectivity index (χ1v) is 11.1. The largest absolute Gasteiger partial charge is 0.416 e. The van der Waals surface area contributed by atoms with Gasteiger partial charge in [0.2, 0.25) is 0 Å². The van der Waals surface area contributed by atoms with Gasteiger partial charge in [-0.2, -0.15) is 0 Å². The van der Waals surface area contributed by atoms with Gasteiger partial charge in [-0.05, 0) is 50.7 Å². The van der Waals surface area contributed by atoms with E-state index in [2.05, 4.69) is 74.1 Å². The third-order valence-corrected chi connectivity index (χ3v) is 11.1. The molecule has 0 aliphatic heterocycles. The highest BCUT2D eigenvalue weighted by Gasteiger charge is 2.44. The van der Waals surface area contributed by atoms with Gasteiger partial charge in [0.05, 0.1) is 0 Å². The highest BCUT2D eigenvalue weighted by Crippen LogP contribution is 2.42. The van der Waals surface area contributed by atoms with Crippen LogP contribution in [0.4, 0.5) is 0 Å². The first-order chi connectivity index (χ1) is 9.57. The molecule has 0 aromatic carbocycles. The van der Waals surface area contributed by atoms with Crippen LogP contribution in [-0.4, -0.2) is 38.5 Å². The van der Waals surface area contributed by atoms with Crippen LogP contribution in [0.2, 0.25) is 16.6 Å². The fraction of sp³-hybridized carbons (Fsp3) is 1.00. The lowest BCUT2D eigenvalue weighted by Gasteiger charge is -2.42. The van der Waals surface area contributed by atoms with Crippen molar-refractivity contribution in [2.24, 2.45) is 0 Å². The molecule has 3 heteroatoms. The normalized spacial score (nSPS) is 13.7. The Labute approximate surface area is 135 Å². The van der Waals surface area contributed by atoms with Crippen LogP contribution in [0.25, 0.3) is 0 Å². The van der Waals surface area contributed by atoms with E-state index in [-0.39, 0.29) is 0 Å². The van der Waals surface area contributed by atoms with Crippen LogP contribution < -0.4 is 0 Å². The molecule has 0 spiro atoms. The van der Waals surface area contributed by atoms with Gasteiger partial charge in [-0.3, -0.25) is 4.90 Å². The van der Waals surface area contributed by atoms with Crippen LogP contribution in [0, 0.1) is 0 Å². The van der Waals surface area contributed by atoms with Gasteiger partial charge in [0.15, 0.2) is 8.32 Å². The van der Waals surface area contributed by atoms with Crippen LogP contribution in [-0.2, 0) is 4.43 Å². The van der Waals surface area contributed by atoms with E-state index >= 15 is 0 Å². The average Bonchev–Trinajstić information content (AvgIpc) is 2.30. The summed E-state index contributed by atoms with van der Waals surface area (Å²) in [4.78, 5) is 2.56. The maximum absolute atomic E-state index is 6.64. The third-order valence-electron chi connectivity index (χ3n) is 4.95. The van der Waals surface area contributed by atoms with Gasteiger partial charge in [0, 0.05) is 25.2 Å². The molecular formula is C18H41NOSi. The van der Waals surface area contributed by atoms with E-state index in [9.17, 15) is 0 Å². The second-order valence-corrected chi connectivity index (χ2v) is 13.4. The van der Waals surface area contributed by atoms with Crippen LogP contribution in [0.1, 0.15) is 75.7 Å². The van der Waals surface area contributed by atoms with E-state index in [1.807, 2.05) is 0 Å². The molecule has 0 saturated carbocycles. The minimum Gasteiger partial charge on any atom is -0.416 e. The molecule has 0 rings (SSSR count). The summed E-state index contributed by atoms with van der Waals surface area (Å²) < 4.78 is 6.64. The van der Waals surface area contributed by atoms with Crippen molar-refractivity contribution in [2.45, 2.75) is 104 Å². The molecule has 0 heterocycles. The molecule has 128 valence electrons. The van der Waals surface area contributed by atoms with Gasteiger partial charge in [-0.15, -0.1) is 0 Å². The summed E-state index contributed by atoms with van der Waals surface area (Å²) in [5, 5.41) is 0. The lowest BCUT2D eigenvalue weighted by atomic mass is 10.2. The lowest BCUT2D eigenvalue weighted by Crippen LogP contribution is -2.48. The lowest BCUT2D eigenvalue weighted by molar-refractivity contribution is 0.156. The molecule has 0 aromatic heterocycles. The van der Waals surface area contributed by atoms with E-state index in [1.54, 1.807) is 0 Å². The van der Waals surface area contributed by atoms with Crippen molar-refractivity contribution >= 4 is 8.32 Å². The maximum Gasteiger partial charge on any atom is 0.200 e. The predicted molar refractivity (Wildman–Crippen MR) is 98.6 cm³/mol. The van der Waals surface area contributed by atoms with E-state index in [0.29, 0.717) is 28.7 Å². The smallest absolute Gasteiger partial charge is 0.200 e. The molecule has 0 atom stereocenters. The van der Waals surface area contributed by atoms with Crippen molar-refractivity contribution in [3.63, 3.8) is 0 Å². The fourth-order valence-electron chi connectivity index (χ4n) is 4.11. The van der Waals surface area contributed by atoms with Crippen LogP contribution in [0.3, 0.4) is 0 Å². The van der Waals surface area contributed by atoms with Crippen molar-refractivity contribution in [1.29, 1.82) is 0 Å². The van der Waals surface area contributed by atoms with E-state index in [4.69, 9.17) is 4.43 Å². The molecule has 0 bridgehead atoms. The van der Waals surface area contributed by atoms with Crippen LogP contribution in [0.15, 0.2) is 0 Å². The van der Waals surface area contributed by atoms with Crippen molar-refractivity contribution in [3.8, 4) is 0 Å². The fourth-order valence-corrected chi connectivity index (χ4v) is 9.61. The summed E-state index contributed by atoms with van der Waals surface area (Å²) in [6.07, 6.45) is 1.15. The summed E-state index contributed by atoms with van der Waals surface area (Å²) in [6, 6.07) is 1.24. The molecule has 0 fully saturated rings. The Morgan fingerprint density at radius 3 is 1.38 bits per heavy atom. The summed E-state index contributed by atoms with van der Waals surface area (Å²) in [5.41, 5.74) is 2.05. The standard InChI is InChI=1S/C18H41NOSi/c1-14(2)19(15(3)4)12-11-13-20-21(16(5)6,17(7)8)18(9)10/h14-18H,11-13H2,1-10H3. The van der Waals surface area contributed by atoms with Gasteiger partial charge in [-0.1, -0.05) is 41.5 Å². The van der Waals surface area contributed by atoms with Gasteiger partial charge in [0.25, 0.3) is 0 Å². The summed E-state index contributed by atoms with van der Waals surface area (Å²) in [7, 11) is -1.67. The van der Waals surface area contributed by atoms with Gasteiger partial charge >= 0.3 is 0 Å². The quantitative estimate of drug-likeness (QED) is 0.379. The molecule has 0 radical (unpaired) electrons. The third kappa shape index (κ3) is 5.68. The molecule has 0 aromatic rings. The van der Waals surface area contributed by atoms with Crippen molar-refractivity contribution in [2.75, 3.05) is 13.2 Å². The maximum atomic E-state index is 6.64. The minimum atomic E-state index is -1.67. The Balaban J connectivity index is 4.59. The average molecular weight is 316 g/mol. The Kier molecular flexibility index (Phi) is 9.38. The number of hydrogen-bond donors (Lipinski definition) is 0. The first-order valence-electron chi connectivity index (χ1n) is 8.96. The zero-order chi connectivity index (χ0) is 16.8. The zero-order valence-corrected chi connectivity index (χ0v) is 17.4. The first kappa shape index (κ1) is 21.1. The highest BCUT2D eigenvalue weighted by atomic mass is 28.4. The molecule has 0 N–H and O–H groups in total. The summed E-state index contributed by atoms with van der Waals surface area (Å²) >= 11 is 0. The Morgan fingerprint density at radius 2 is 1.10 bits per heavy atom. The molecule has 0 saturated heterocycles. The molecule has 0 amide bonds. The van der Waals surface area contributed by atoms with Crippen LogP contribution in [0.5, 0.6) is 0 Å². The van der Waals surface area contributed by atoms with Crippen molar-refractivity contribution < 1.29 is 4.43 Å². The van der Waals surface area contributed by atoms with Gasteiger partial charge < -0.3 is 4.43 Å². The molecule has 0 aliphatic carbocycles. The molecule has 0 unspecified atom stereocenters. The van der Waals surface area contributed by atoms with E-state index < -0.39 is 8.32 Å². The number of rotatable bonds is 10. The Morgan fingerprint density at radius 1 is 0.714 bits per heavy atom. The SMILES string of the molecule is CC(C)N(CCCO[Si](C(C)C)(C(C)C)C(C)C)C(C)C.